The molecule has 7 heteroatoms. The third kappa shape index (κ3) is 3.33. The number of hydrogen-bond acceptors (Lipinski definition) is 6. The maximum Gasteiger partial charge on any atom is 0.196 e. The molecule has 0 radical (unpaired) electrons. The molecule has 5 rings (SSSR count). The van der Waals surface area contributed by atoms with Crippen molar-refractivity contribution >= 4 is 17.0 Å². The fourth-order valence-electron chi connectivity index (χ4n) is 4.07. The maximum absolute atomic E-state index is 5.55. The van der Waals surface area contributed by atoms with E-state index in [0.717, 1.165) is 27.9 Å². The predicted octanol–water partition coefficient (Wildman–Crippen LogP) is 5.50. The van der Waals surface area contributed by atoms with E-state index in [1.54, 1.807) is 23.8 Å². The average Bonchev–Trinajstić information content (AvgIpc) is 3.44. The Balaban J connectivity index is 1.74. The van der Waals surface area contributed by atoms with E-state index in [4.69, 9.17) is 9.41 Å². The summed E-state index contributed by atoms with van der Waals surface area (Å²) in [7, 11) is 0. The van der Waals surface area contributed by atoms with Crippen LogP contribution in [0.25, 0.3) is 5.00 Å². The molecule has 1 aliphatic rings. The lowest BCUT2D eigenvalue weighted by Crippen LogP contribution is -2.09. The summed E-state index contributed by atoms with van der Waals surface area (Å²) in [6.07, 6.45) is 3.80. The van der Waals surface area contributed by atoms with Crippen LogP contribution in [-0.4, -0.2) is 25.5 Å². The standard InChI is InChI=1S/C24H25N5OS/c1-13(2)17-6-8-18(9-7-17)22-21-14(3)15(4)31-24(21)29-16(5)27-28-23(29)19(26-22)12-20-25-10-11-30-20/h6-11,13,19H,12H2,1-5H3/t19-/m0/s1. The van der Waals surface area contributed by atoms with E-state index in [9.17, 15) is 0 Å². The molecule has 4 aromatic rings. The Bertz CT molecular complexity index is 1260. The summed E-state index contributed by atoms with van der Waals surface area (Å²) in [5.41, 5.74) is 5.84. The Morgan fingerprint density at radius 3 is 2.55 bits per heavy atom. The normalized spacial score (nSPS) is 15.5. The van der Waals surface area contributed by atoms with Gasteiger partial charge in [-0.25, -0.2) is 4.98 Å². The summed E-state index contributed by atoms with van der Waals surface area (Å²) >= 11 is 1.77. The van der Waals surface area contributed by atoms with Crippen molar-refractivity contribution in [2.75, 3.05) is 0 Å². The van der Waals surface area contributed by atoms with Crippen LogP contribution in [0.5, 0.6) is 0 Å². The molecule has 31 heavy (non-hydrogen) atoms. The van der Waals surface area contributed by atoms with E-state index in [2.05, 4.69) is 71.7 Å². The minimum Gasteiger partial charge on any atom is -0.449 e. The highest BCUT2D eigenvalue weighted by atomic mass is 32.1. The van der Waals surface area contributed by atoms with Gasteiger partial charge in [-0.2, -0.15) is 0 Å². The van der Waals surface area contributed by atoms with Crippen LogP contribution in [0.4, 0.5) is 0 Å². The van der Waals surface area contributed by atoms with Gasteiger partial charge in [0.15, 0.2) is 11.7 Å². The van der Waals surface area contributed by atoms with Crippen molar-refractivity contribution in [1.82, 2.24) is 19.7 Å². The first-order valence-corrected chi connectivity index (χ1v) is 11.3. The summed E-state index contributed by atoms with van der Waals surface area (Å²) in [4.78, 5) is 10.9. The minimum absolute atomic E-state index is 0.237. The van der Waals surface area contributed by atoms with Crippen LogP contribution in [0, 0.1) is 20.8 Å². The number of nitrogens with zero attached hydrogens (tertiary/aromatic N) is 5. The van der Waals surface area contributed by atoms with E-state index < -0.39 is 0 Å². The Kier molecular flexibility index (Phi) is 4.85. The molecule has 4 heterocycles. The molecule has 0 unspecified atom stereocenters. The van der Waals surface area contributed by atoms with Gasteiger partial charge in [0.2, 0.25) is 0 Å². The lowest BCUT2D eigenvalue weighted by atomic mass is 9.96. The molecule has 0 aliphatic carbocycles. The fourth-order valence-corrected chi connectivity index (χ4v) is 5.28. The first-order chi connectivity index (χ1) is 14.9. The Morgan fingerprint density at radius 2 is 1.87 bits per heavy atom. The highest BCUT2D eigenvalue weighted by Gasteiger charge is 2.32. The molecule has 1 atom stereocenters. The number of fused-ring (bicyclic) bond motifs is 3. The molecule has 0 fully saturated rings. The second-order valence-corrected chi connectivity index (χ2v) is 9.51. The predicted molar refractivity (Wildman–Crippen MR) is 123 cm³/mol. The summed E-state index contributed by atoms with van der Waals surface area (Å²) in [5.74, 6) is 2.82. The average molecular weight is 432 g/mol. The fraction of sp³-hybridized carbons (Fsp3) is 0.333. The van der Waals surface area contributed by atoms with Gasteiger partial charge in [0, 0.05) is 16.0 Å². The van der Waals surface area contributed by atoms with Gasteiger partial charge in [0.25, 0.3) is 0 Å². The van der Waals surface area contributed by atoms with Crippen molar-refractivity contribution in [3.63, 3.8) is 0 Å². The second-order valence-electron chi connectivity index (χ2n) is 8.30. The van der Waals surface area contributed by atoms with Gasteiger partial charge in [-0.1, -0.05) is 38.1 Å². The number of benzene rings is 1. The molecule has 1 aliphatic heterocycles. The van der Waals surface area contributed by atoms with Gasteiger partial charge in [0.05, 0.1) is 18.3 Å². The SMILES string of the molecule is Cc1sc2c(c1C)C(c1ccc(C(C)C)cc1)=N[C@@H](Cc1ncco1)c1nnc(C)n1-2. The lowest BCUT2D eigenvalue weighted by Gasteiger charge is -2.12. The monoisotopic (exact) mass is 431 g/mol. The van der Waals surface area contributed by atoms with Crippen LogP contribution in [0.1, 0.15) is 70.5 Å². The van der Waals surface area contributed by atoms with E-state index in [1.807, 2.05) is 6.92 Å². The maximum atomic E-state index is 5.55. The Labute approximate surface area is 185 Å². The van der Waals surface area contributed by atoms with Crippen LogP contribution in [-0.2, 0) is 6.42 Å². The third-order valence-corrected chi connectivity index (χ3v) is 7.13. The van der Waals surface area contributed by atoms with Crippen LogP contribution in [0.3, 0.4) is 0 Å². The molecule has 1 aromatic carbocycles. The number of oxazole rings is 1. The van der Waals surface area contributed by atoms with Gasteiger partial charge in [-0.3, -0.25) is 9.56 Å². The number of aliphatic imine (C=N–C) groups is 1. The molecule has 0 saturated carbocycles. The quantitative estimate of drug-likeness (QED) is 0.428. The van der Waals surface area contributed by atoms with Crippen molar-refractivity contribution < 1.29 is 4.42 Å². The second kappa shape index (κ2) is 7.57. The first kappa shape index (κ1) is 19.9. The van der Waals surface area contributed by atoms with Crippen molar-refractivity contribution in [2.45, 2.75) is 53.0 Å². The molecular weight excluding hydrogens is 406 g/mol. The van der Waals surface area contributed by atoms with Crippen LogP contribution in [0.15, 0.2) is 46.1 Å². The summed E-state index contributed by atoms with van der Waals surface area (Å²) in [5, 5.41) is 10.0. The smallest absolute Gasteiger partial charge is 0.196 e. The zero-order chi connectivity index (χ0) is 21.7. The van der Waals surface area contributed by atoms with Crippen LogP contribution in [0.2, 0.25) is 0 Å². The van der Waals surface area contributed by atoms with Crippen molar-refractivity contribution in [3.05, 3.63) is 81.4 Å². The lowest BCUT2D eigenvalue weighted by molar-refractivity contribution is 0.467. The number of aromatic nitrogens is 4. The number of rotatable bonds is 4. The van der Waals surface area contributed by atoms with Gasteiger partial charge in [-0.15, -0.1) is 21.5 Å². The topological polar surface area (TPSA) is 69.1 Å². The highest BCUT2D eigenvalue weighted by Crippen LogP contribution is 2.39. The van der Waals surface area contributed by atoms with Gasteiger partial charge in [0.1, 0.15) is 23.1 Å². The van der Waals surface area contributed by atoms with Crippen molar-refractivity contribution in [3.8, 4) is 5.00 Å². The molecule has 0 spiro atoms. The third-order valence-electron chi connectivity index (χ3n) is 5.94. The molecule has 0 N–H and O–H groups in total. The van der Waals surface area contributed by atoms with E-state index >= 15 is 0 Å². The van der Waals surface area contributed by atoms with E-state index in [1.165, 1.54) is 21.6 Å². The molecular formula is C24H25N5OS. The zero-order valence-electron chi connectivity index (χ0n) is 18.4. The minimum atomic E-state index is -0.237. The number of aryl methyl sites for hydroxylation is 2. The zero-order valence-corrected chi connectivity index (χ0v) is 19.2. The Hall–Kier alpha value is -3.06. The van der Waals surface area contributed by atoms with Crippen molar-refractivity contribution in [2.24, 2.45) is 4.99 Å². The van der Waals surface area contributed by atoms with Crippen LogP contribution < -0.4 is 0 Å². The van der Waals surface area contributed by atoms with Gasteiger partial charge >= 0.3 is 0 Å². The van der Waals surface area contributed by atoms with Gasteiger partial charge in [-0.05, 0) is 37.8 Å². The van der Waals surface area contributed by atoms with Gasteiger partial charge < -0.3 is 4.42 Å². The molecule has 158 valence electrons. The van der Waals surface area contributed by atoms with Crippen molar-refractivity contribution in [1.29, 1.82) is 0 Å². The molecule has 0 amide bonds. The number of hydrogen-bond donors (Lipinski definition) is 0. The summed E-state index contributed by atoms with van der Waals surface area (Å²) in [6, 6.07) is 8.54. The molecule has 3 aromatic heterocycles. The Morgan fingerprint density at radius 1 is 1.10 bits per heavy atom. The van der Waals surface area contributed by atoms with E-state index in [-0.39, 0.29) is 6.04 Å². The summed E-state index contributed by atoms with van der Waals surface area (Å²) in [6.45, 7) is 10.8. The molecule has 0 saturated heterocycles. The first-order valence-electron chi connectivity index (χ1n) is 10.5. The highest BCUT2D eigenvalue weighted by molar-refractivity contribution is 7.15. The molecule has 0 bridgehead atoms. The largest absolute Gasteiger partial charge is 0.449 e. The summed E-state index contributed by atoms with van der Waals surface area (Å²) < 4.78 is 7.71. The van der Waals surface area contributed by atoms with Crippen LogP contribution >= 0.6 is 11.3 Å². The molecule has 6 nitrogen and oxygen atoms in total. The van der Waals surface area contributed by atoms with E-state index in [0.29, 0.717) is 18.2 Å². The number of thiophene rings is 1.